The van der Waals surface area contributed by atoms with Gasteiger partial charge in [-0.05, 0) is 12.8 Å². The zero-order chi connectivity index (χ0) is 9.26. The summed E-state index contributed by atoms with van der Waals surface area (Å²) in [5.41, 5.74) is 0. The maximum atomic E-state index is 9.74. The van der Waals surface area contributed by atoms with E-state index in [1.807, 2.05) is 7.05 Å². The van der Waals surface area contributed by atoms with E-state index in [-0.39, 0.29) is 12.0 Å². The predicted molar refractivity (Wildman–Crippen MR) is 48.2 cm³/mol. The maximum Gasteiger partial charge on any atom is 0.156 e. The molecule has 0 aromatic carbocycles. The summed E-state index contributed by atoms with van der Waals surface area (Å²) in [5.74, 6) is 0.963. The topological polar surface area (TPSA) is 50.9 Å². The molecular weight excluding hydrogens is 166 g/mol. The second kappa shape index (κ2) is 3.46. The van der Waals surface area contributed by atoms with Gasteiger partial charge >= 0.3 is 0 Å². The quantitative estimate of drug-likeness (QED) is 0.698. The molecule has 4 heteroatoms. The summed E-state index contributed by atoms with van der Waals surface area (Å²) in [5, 5.41) is 14.0. The molecule has 2 rings (SSSR count). The van der Waals surface area contributed by atoms with Crippen molar-refractivity contribution in [3.8, 4) is 0 Å². The lowest BCUT2D eigenvalue weighted by molar-refractivity contribution is 0.102. The van der Waals surface area contributed by atoms with E-state index in [1.165, 1.54) is 6.42 Å². The Morgan fingerprint density at radius 2 is 2.23 bits per heavy atom. The van der Waals surface area contributed by atoms with Gasteiger partial charge in [0.15, 0.2) is 5.82 Å². The van der Waals surface area contributed by atoms with Gasteiger partial charge in [0.25, 0.3) is 0 Å². The van der Waals surface area contributed by atoms with Crippen LogP contribution in [-0.2, 0) is 7.05 Å². The summed E-state index contributed by atoms with van der Waals surface area (Å²) < 4.78 is 1.69. The van der Waals surface area contributed by atoms with Gasteiger partial charge in [-0.25, -0.2) is 4.98 Å². The lowest BCUT2D eigenvalue weighted by Crippen LogP contribution is -2.23. The van der Waals surface area contributed by atoms with Gasteiger partial charge in [0, 0.05) is 13.0 Å². The summed E-state index contributed by atoms with van der Waals surface area (Å²) in [6.45, 7) is 0. The Morgan fingerprint density at radius 3 is 2.85 bits per heavy atom. The van der Waals surface area contributed by atoms with Crippen LogP contribution in [0.1, 0.15) is 37.4 Å². The van der Waals surface area contributed by atoms with Crippen LogP contribution in [0.4, 0.5) is 0 Å². The van der Waals surface area contributed by atoms with Crippen molar-refractivity contribution in [1.29, 1.82) is 0 Å². The number of nitrogens with zero attached hydrogens (tertiary/aromatic N) is 3. The summed E-state index contributed by atoms with van der Waals surface area (Å²) in [6.07, 6.45) is 5.67. The van der Waals surface area contributed by atoms with E-state index in [9.17, 15) is 5.11 Å². The SMILES string of the molecule is Cn1cnc(C2CCCCC2O)n1. The predicted octanol–water partition coefficient (Wildman–Crippen LogP) is 0.834. The molecule has 0 bridgehead atoms. The Hall–Kier alpha value is -0.900. The minimum absolute atomic E-state index is 0.162. The summed E-state index contributed by atoms with van der Waals surface area (Å²) >= 11 is 0. The lowest BCUT2D eigenvalue weighted by atomic mass is 9.86. The Bertz CT molecular complexity index is 284. The fourth-order valence-electron chi connectivity index (χ4n) is 1.94. The molecule has 1 N–H and O–H groups in total. The van der Waals surface area contributed by atoms with E-state index in [0.29, 0.717) is 0 Å². The molecule has 4 nitrogen and oxygen atoms in total. The van der Waals surface area contributed by atoms with E-state index >= 15 is 0 Å². The molecule has 1 heterocycles. The maximum absolute atomic E-state index is 9.74. The first-order valence-electron chi connectivity index (χ1n) is 4.81. The van der Waals surface area contributed by atoms with Crippen molar-refractivity contribution < 1.29 is 5.11 Å². The van der Waals surface area contributed by atoms with Crippen LogP contribution in [0.15, 0.2) is 6.33 Å². The van der Waals surface area contributed by atoms with Crippen molar-refractivity contribution in [3.05, 3.63) is 12.2 Å². The van der Waals surface area contributed by atoms with Crippen LogP contribution in [0.25, 0.3) is 0 Å². The summed E-state index contributed by atoms with van der Waals surface area (Å²) in [7, 11) is 1.85. The number of aliphatic hydroxyl groups is 1. The van der Waals surface area contributed by atoms with Crippen LogP contribution < -0.4 is 0 Å². The van der Waals surface area contributed by atoms with Crippen LogP contribution in [0.5, 0.6) is 0 Å². The minimum atomic E-state index is -0.240. The molecule has 13 heavy (non-hydrogen) atoms. The fourth-order valence-corrected chi connectivity index (χ4v) is 1.94. The molecule has 72 valence electrons. The van der Waals surface area contributed by atoms with Crippen molar-refractivity contribution in [2.75, 3.05) is 0 Å². The second-order valence-electron chi connectivity index (χ2n) is 3.73. The number of rotatable bonds is 1. The normalized spacial score (nSPS) is 29.1. The van der Waals surface area contributed by atoms with Crippen LogP contribution >= 0.6 is 0 Å². The summed E-state index contributed by atoms with van der Waals surface area (Å²) in [6, 6.07) is 0. The highest BCUT2D eigenvalue weighted by Gasteiger charge is 2.27. The molecule has 0 amide bonds. The smallest absolute Gasteiger partial charge is 0.156 e. The number of aryl methyl sites for hydroxylation is 1. The van der Waals surface area contributed by atoms with E-state index in [1.54, 1.807) is 11.0 Å². The molecule has 1 fully saturated rings. The zero-order valence-electron chi connectivity index (χ0n) is 7.85. The monoisotopic (exact) mass is 181 g/mol. The third-order valence-electron chi connectivity index (χ3n) is 2.68. The molecule has 0 spiro atoms. The van der Waals surface area contributed by atoms with Crippen LogP contribution in [0.2, 0.25) is 0 Å². The van der Waals surface area contributed by atoms with E-state index in [0.717, 1.165) is 25.1 Å². The van der Waals surface area contributed by atoms with Gasteiger partial charge in [0.2, 0.25) is 0 Å². The van der Waals surface area contributed by atoms with Crippen LogP contribution in [0.3, 0.4) is 0 Å². The highest BCUT2D eigenvalue weighted by atomic mass is 16.3. The number of aliphatic hydroxyl groups excluding tert-OH is 1. The molecule has 1 aliphatic carbocycles. The highest BCUT2D eigenvalue weighted by Crippen LogP contribution is 2.30. The minimum Gasteiger partial charge on any atom is -0.392 e. The molecule has 2 atom stereocenters. The largest absolute Gasteiger partial charge is 0.392 e. The Balaban J connectivity index is 2.14. The number of aromatic nitrogens is 3. The third kappa shape index (κ3) is 1.72. The second-order valence-corrected chi connectivity index (χ2v) is 3.73. The van der Waals surface area contributed by atoms with Gasteiger partial charge in [0.05, 0.1) is 6.10 Å². The first kappa shape index (κ1) is 8.69. The van der Waals surface area contributed by atoms with E-state index in [2.05, 4.69) is 10.1 Å². The van der Waals surface area contributed by atoms with Gasteiger partial charge in [-0.2, -0.15) is 5.10 Å². The Morgan fingerprint density at radius 1 is 1.46 bits per heavy atom. The van der Waals surface area contributed by atoms with Crippen LogP contribution in [-0.4, -0.2) is 26.0 Å². The van der Waals surface area contributed by atoms with Crippen molar-refractivity contribution in [2.45, 2.75) is 37.7 Å². The standard InChI is InChI=1S/C9H15N3O/c1-12-6-10-9(11-12)7-4-2-3-5-8(7)13/h6-8,13H,2-5H2,1H3. The first-order valence-corrected chi connectivity index (χ1v) is 4.81. The number of hydrogen-bond acceptors (Lipinski definition) is 3. The van der Waals surface area contributed by atoms with Gasteiger partial charge in [0.1, 0.15) is 6.33 Å². The zero-order valence-corrected chi connectivity index (χ0v) is 7.85. The van der Waals surface area contributed by atoms with Gasteiger partial charge in [-0.3, -0.25) is 4.68 Å². The molecule has 0 saturated heterocycles. The fraction of sp³-hybridized carbons (Fsp3) is 0.778. The van der Waals surface area contributed by atoms with Crippen molar-refractivity contribution in [2.24, 2.45) is 7.05 Å². The van der Waals surface area contributed by atoms with E-state index < -0.39 is 0 Å². The average molecular weight is 181 g/mol. The third-order valence-corrected chi connectivity index (χ3v) is 2.68. The number of hydrogen-bond donors (Lipinski definition) is 1. The molecule has 2 unspecified atom stereocenters. The molecule has 0 radical (unpaired) electrons. The highest BCUT2D eigenvalue weighted by molar-refractivity contribution is 4.99. The molecule has 1 aliphatic rings. The van der Waals surface area contributed by atoms with Crippen molar-refractivity contribution in [3.63, 3.8) is 0 Å². The molecular formula is C9H15N3O. The lowest BCUT2D eigenvalue weighted by Gasteiger charge is -2.24. The molecule has 1 aromatic heterocycles. The molecule has 0 aliphatic heterocycles. The first-order chi connectivity index (χ1) is 6.27. The van der Waals surface area contributed by atoms with Crippen LogP contribution in [0, 0.1) is 0 Å². The molecule has 1 aromatic rings. The van der Waals surface area contributed by atoms with Crippen molar-refractivity contribution in [1.82, 2.24) is 14.8 Å². The van der Waals surface area contributed by atoms with Gasteiger partial charge in [-0.1, -0.05) is 12.8 Å². The van der Waals surface area contributed by atoms with Crippen molar-refractivity contribution >= 4 is 0 Å². The molecule has 1 saturated carbocycles. The van der Waals surface area contributed by atoms with Gasteiger partial charge < -0.3 is 5.11 Å². The average Bonchev–Trinajstić information content (AvgIpc) is 2.53. The Labute approximate surface area is 77.6 Å². The summed E-state index contributed by atoms with van der Waals surface area (Å²) in [4.78, 5) is 4.18. The Kier molecular flexibility index (Phi) is 2.31. The van der Waals surface area contributed by atoms with E-state index in [4.69, 9.17) is 0 Å². The van der Waals surface area contributed by atoms with Gasteiger partial charge in [-0.15, -0.1) is 0 Å².